The fraction of sp³-hybridized carbons (Fsp3) is 0.300. The lowest BCUT2D eigenvalue weighted by molar-refractivity contribution is 0.402. The van der Waals surface area contributed by atoms with E-state index < -0.39 is 5.56 Å². The molecule has 0 unspecified atom stereocenters. The molecule has 0 saturated carbocycles. The van der Waals surface area contributed by atoms with Crippen LogP contribution in [-0.4, -0.2) is 36.1 Å². The molecule has 2 aromatic heterocycles. The first-order chi connectivity index (χ1) is 9.13. The van der Waals surface area contributed by atoms with Gasteiger partial charge in [-0.15, -0.1) is 0 Å². The Morgan fingerprint density at radius 3 is 3.05 bits per heavy atom. The Morgan fingerprint density at radius 2 is 2.42 bits per heavy atom. The summed E-state index contributed by atoms with van der Waals surface area (Å²) < 4.78 is 1.62. The smallest absolute Gasteiger partial charge is 0.264 e. The number of aromatic nitrogens is 5. The second-order valence-electron chi connectivity index (χ2n) is 3.72. The van der Waals surface area contributed by atoms with Gasteiger partial charge in [-0.05, 0) is 18.6 Å². The number of rotatable bonds is 4. The van der Waals surface area contributed by atoms with Gasteiger partial charge in [-0.2, -0.15) is 10.1 Å². The standard InChI is InChI=1S/C10H12N6O2S/c1-2-3-16-8(18)6(7(17)14-10(16)19)4-11-9-12-5-13-15-9/h4-5,18H,2-3H2,1H3,(H,12,13,15)(H,14,17,19)/b11-4+. The Bertz CT molecular complexity index is 700. The zero-order chi connectivity index (χ0) is 13.8. The molecule has 2 aromatic rings. The third-order valence-corrected chi connectivity index (χ3v) is 2.69. The first kappa shape index (κ1) is 13.1. The van der Waals surface area contributed by atoms with Gasteiger partial charge in [-0.1, -0.05) is 6.92 Å². The van der Waals surface area contributed by atoms with Gasteiger partial charge >= 0.3 is 0 Å². The van der Waals surface area contributed by atoms with E-state index in [9.17, 15) is 9.90 Å². The van der Waals surface area contributed by atoms with Crippen molar-refractivity contribution in [3.8, 4) is 5.88 Å². The van der Waals surface area contributed by atoms with Gasteiger partial charge in [0.25, 0.3) is 5.56 Å². The van der Waals surface area contributed by atoms with Crippen LogP contribution in [0.2, 0.25) is 0 Å². The lowest BCUT2D eigenvalue weighted by Crippen LogP contribution is -2.18. The van der Waals surface area contributed by atoms with Crippen molar-refractivity contribution in [3.05, 3.63) is 27.0 Å². The van der Waals surface area contributed by atoms with Crippen molar-refractivity contribution < 1.29 is 5.11 Å². The molecule has 0 aliphatic carbocycles. The lowest BCUT2D eigenvalue weighted by atomic mass is 10.3. The summed E-state index contributed by atoms with van der Waals surface area (Å²) in [7, 11) is 0. The van der Waals surface area contributed by atoms with Crippen LogP contribution in [0.25, 0.3) is 0 Å². The maximum absolute atomic E-state index is 11.7. The number of H-pyrrole nitrogens is 2. The molecule has 0 aliphatic heterocycles. The Hall–Kier alpha value is -2.29. The number of aromatic amines is 2. The van der Waals surface area contributed by atoms with Crippen molar-refractivity contribution in [2.45, 2.75) is 19.9 Å². The number of hydrogen-bond acceptors (Lipinski definition) is 6. The van der Waals surface area contributed by atoms with E-state index in [1.165, 1.54) is 17.1 Å². The van der Waals surface area contributed by atoms with E-state index in [1.54, 1.807) is 0 Å². The topological polar surface area (TPSA) is 112 Å². The van der Waals surface area contributed by atoms with Crippen LogP contribution >= 0.6 is 12.2 Å². The number of aromatic hydroxyl groups is 1. The van der Waals surface area contributed by atoms with Gasteiger partial charge in [-0.25, -0.2) is 10.1 Å². The second kappa shape index (κ2) is 5.57. The van der Waals surface area contributed by atoms with Crippen LogP contribution in [-0.2, 0) is 6.54 Å². The molecule has 100 valence electrons. The van der Waals surface area contributed by atoms with E-state index in [1.807, 2.05) is 6.92 Å². The minimum Gasteiger partial charge on any atom is -0.494 e. The molecule has 0 radical (unpaired) electrons. The minimum absolute atomic E-state index is 0.0263. The fourth-order valence-corrected chi connectivity index (χ4v) is 1.78. The second-order valence-corrected chi connectivity index (χ2v) is 4.10. The fourth-order valence-electron chi connectivity index (χ4n) is 1.51. The van der Waals surface area contributed by atoms with Crippen molar-refractivity contribution in [1.82, 2.24) is 24.7 Å². The van der Waals surface area contributed by atoms with Crippen molar-refractivity contribution in [2.75, 3.05) is 0 Å². The number of hydrogen-bond donors (Lipinski definition) is 3. The van der Waals surface area contributed by atoms with Gasteiger partial charge in [0.1, 0.15) is 11.9 Å². The molecule has 0 atom stereocenters. The highest BCUT2D eigenvalue weighted by molar-refractivity contribution is 7.71. The molecular weight excluding hydrogens is 268 g/mol. The molecule has 0 amide bonds. The van der Waals surface area contributed by atoms with E-state index in [4.69, 9.17) is 12.2 Å². The molecule has 8 nitrogen and oxygen atoms in total. The zero-order valence-electron chi connectivity index (χ0n) is 10.1. The van der Waals surface area contributed by atoms with Gasteiger partial charge < -0.3 is 5.11 Å². The maximum atomic E-state index is 11.7. The van der Waals surface area contributed by atoms with Crippen LogP contribution in [0.4, 0.5) is 5.95 Å². The van der Waals surface area contributed by atoms with E-state index in [0.29, 0.717) is 6.54 Å². The molecule has 19 heavy (non-hydrogen) atoms. The highest BCUT2D eigenvalue weighted by Gasteiger charge is 2.10. The van der Waals surface area contributed by atoms with Crippen LogP contribution in [0.3, 0.4) is 0 Å². The third-order valence-electron chi connectivity index (χ3n) is 2.37. The van der Waals surface area contributed by atoms with Crippen LogP contribution in [0.15, 0.2) is 16.1 Å². The molecule has 3 N–H and O–H groups in total. The van der Waals surface area contributed by atoms with Crippen molar-refractivity contribution in [1.29, 1.82) is 0 Å². The van der Waals surface area contributed by atoms with Crippen molar-refractivity contribution in [2.24, 2.45) is 4.99 Å². The number of aliphatic imine (C=N–C) groups is 1. The normalized spacial score (nSPS) is 11.2. The Morgan fingerprint density at radius 1 is 1.63 bits per heavy atom. The maximum Gasteiger partial charge on any atom is 0.264 e. The predicted octanol–water partition coefficient (Wildman–Crippen LogP) is 0.890. The largest absolute Gasteiger partial charge is 0.494 e. The number of nitrogens with one attached hydrogen (secondary N) is 2. The molecule has 2 heterocycles. The van der Waals surface area contributed by atoms with Crippen molar-refractivity contribution >= 4 is 24.4 Å². The first-order valence-electron chi connectivity index (χ1n) is 5.59. The summed E-state index contributed by atoms with van der Waals surface area (Å²) in [4.78, 5) is 21.9. The SMILES string of the molecule is CCCn1c(O)c(/C=N/c2ncn[nH]2)c(=O)[nH]c1=S. The summed E-state index contributed by atoms with van der Waals surface area (Å²) >= 11 is 4.99. The van der Waals surface area contributed by atoms with Gasteiger partial charge in [0, 0.05) is 12.8 Å². The van der Waals surface area contributed by atoms with Crippen LogP contribution in [0.5, 0.6) is 5.88 Å². The molecule has 0 fully saturated rings. The molecule has 0 aromatic carbocycles. The van der Waals surface area contributed by atoms with E-state index in [0.717, 1.165) is 6.42 Å². The third kappa shape index (κ3) is 2.76. The Balaban J connectivity index is 2.48. The van der Waals surface area contributed by atoms with Crippen molar-refractivity contribution in [3.63, 3.8) is 0 Å². The monoisotopic (exact) mass is 280 g/mol. The van der Waals surface area contributed by atoms with Crippen LogP contribution in [0, 0.1) is 4.77 Å². The average Bonchev–Trinajstić information content (AvgIpc) is 2.87. The van der Waals surface area contributed by atoms with E-state index >= 15 is 0 Å². The highest BCUT2D eigenvalue weighted by Crippen LogP contribution is 2.12. The number of nitrogens with zero attached hydrogens (tertiary/aromatic N) is 4. The molecule has 0 spiro atoms. The molecule has 0 bridgehead atoms. The molecule has 2 rings (SSSR count). The van der Waals surface area contributed by atoms with Crippen LogP contribution < -0.4 is 5.56 Å². The zero-order valence-corrected chi connectivity index (χ0v) is 10.9. The molecule has 9 heteroatoms. The average molecular weight is 280 g/mol. The summed E-state index contributed by atoms with van der Waals surface area (Å²) in [5, 5.41) is 16.2. The quantitative estimate of drug-likeness (QED) is 0.568. The minimum atomic E-state index is -0.502. The summed E-state index contributed by atoms with van der Waals surface area (Å²) in [6.07, 6.45) is 3.28. The summed E-state index contributed by atoms with van der Waals surface area (Å²) in [6, 6.07) is 0. The Kier molecular flexibility index (Phi) is 3.85. The first-order valence-corrected chi connectivity index (χ1v) is 5.99. The van der Waals surface area contributed by atoms with Gasteiger partial charge in [0.15, 0.2) is 4.77 Å². The summed E-state index contributed by atoms with van der Waals surface area (Å²) in [5.41, 5.74) is -0.475. The molecule has 0 aliphatic rings. The molecular formula is C10H12N6O2S. The van der Waals surface area contributed by atoms with E-state index in [2.05, 4.69) is 25.2 Å². The van der Waals surface area contributed by atoms with Gasteiger partial charge in [-0.3, -0.25) is 14.3 Å². The lowest BCUT2D eigenvalue weighted by Gasteiger charge is -2.09. The highest BCUT2D eigenvalue weighted by atomic mass is 32.1. The van der Waals surface area contributed by atoms with E-state index in [-0.39, 0.29) is 22.2 Å². The van der Waals surface area contributed by atoms with Gasteiger partial charge in [0.2, 0.25) is 11.8 Å². The Labute approximate surface area is 112 Å². The summed E-state index contributed by atoms with van der Waals surface area (Å²) in [5.74, 6) is 0.0298. The van der Waals surface area contributed by atoms with Crippen LogP contribution in [0.1, 0.15) is 18.9 Å². The molecule has 0 saturated heterocycles. The van der Waals surface area contributed by atoms with Gasteiger partial charge in [0.05, 0.1) is 0 Å². The predicted molar refractivity (Wildman–Crippen MR) is 71.5 cm³/mol. The summed E-state index contributed by atoms with van der Waals surface area (Å²) in [6.45, 7) is 2.44.